The standard InChI is InChI=1S/C21H21NO3S/c1-14-12-15(10-11-18(14)25-2)13-16(6-5-9-20(23)24)21-22-17-7-3-4-8-19(17)26-21/h3-4,7-8,10-13H,5-6,9H2,1-2H3,(H,23,24)/b16-13-. The van der Waals surface area contributed by atoms with Gasteiger partial charge in [0.25, 0.3) is 0 Å². The van der Waals surface area contributed by atoms with E-state index in [-0.39, 0.29) is 6.42 Å². The highest BCUT2D eigenvalue weighted by Gasteiger charge is 2.10. The molecule has 3 rings (SSSR count). The molecule has 2 aromatic carbocycles. The molecule has 0 bridgehead atoms. The second-order valence-corrected chi connectivity index (χ2v) is 7.16. The molecule has 0 spiro atoms. The summed E-state index contributed by atoms with van der Waals surface area (Å²) in [5.74, 6) is 0.0866. The number of allylic oxidation sites excluding steroid dienone is 1. The van der Waals surface area contributed by atoms with Crippen LogP contribution < -0.4 is 4.74 Å². The first-order chi connectivity index (χ1) is 12.6. The van der Waals surface area contributed by atoms with Crippen molar-refractivity contribution in [2.45, 2.75) is 26.2 Å². The maximum Gasteiger partial charge on any atom is 0.303 e. The Labute approximate surface area is 156 Å². The smallest absolute Gasteiger partial charge is 0.303 e. The van der Waals surface area contributed by atoms with Gasteiger partial charge in [-0.05, 0) is 66.8 Å². The Hall–Kier alpha value is -2.66. The Morgan fingerprint density at radius 3 is 2.73 bits per heavy atom. The molecule has 26 heavy (non-hydrogen) atoms. The van der Waals surface area contributed by atoms with Crippen molar-refractivity contribution in [3.63, 3.8) is 0 Å². The van der Waals surface area contributed by atoms with Gasteiger partial charge in [-0.1, -0.05) is 18.2 Å². The monoisotopic (exact) mass is 367 g/mol. The van der Waals surface area contributed by atoms with Gasteiger partial charge in [-0.3, -0.25) is 4.79 Å². The molecular formula is C21H21NO3S. The van der Waals surface area contributed by atoms with Crippen LogP contribution >= 0.6 is 11.3 Å². The highest BCUT2D eigenvalue weighted by molar-refractivity contribution is 7.19. The summed E-state index contributed by atoms with van der Waals surface area (Å²) in [7, 11) is 1.66. The van der Waals surface area contributed by atoms with Gasteiger partial charge in [-0.2, -0.15) is 0 Å². The minimum atomic E-state index is -0.769. The fourth-order valence-electron chi connectivity index (χ4n) is 2.87. The number of rotatable bonds is 7. The van der Waals surface area contributed by atoms with Crippen LogP contribution in [0.1, 0.15) is 35.4 Å². The quantitative estimate of drug-likeness (QED) is 0.607. The molecule has 0 atom stereocenters. The summed E-state index contributed by atoms with van der Waals surface area (Å²) in [6, 6.07) is 14.1. The summed E-state index contributed by atoms with van der Waals surface area (Å²) in [6.07, 6.45) is 3.53. The third kappa shape index (κ3) is 4.29. The van der Waals surface area contributed by atoms with Crippen molar-refractivity contribution < 1.29 is 14.6 Å². The number of carboxylic acid groups (broad SMARTS) is 1. The predicted octanol–water partition coefficient (Wildman–Crippen LogP) is 5.41. The molecule has 0 amide bonds. The lowest BCUT2D eigenvalue weighted by molar-refractivity contribution is -0.137. The average Bonchev–Trinajstić information content (AvgIpc) is 3.05. The second kappa shape index (κ2) is 8.15. The van der Waals surface area contributed by atoms with E-state index in [1.54, 1.807) is 18.4 Å². The van der Waals surface area contributed by atoms with Gasteiger partial charge < -0.3 is 9.84 Å². The summed E-state index contributed by atoms with van der Waals surface area (Å²) < 4.78 is 6.46. The zero-order valence-corrected chi connectivity index (χ0v) is 15.7. The van der Waals surface area contributed by atoms with E-state index in [2.05, 4.69) is 18.2 Å². The summed E-state index contributed by atoms with van der Waals surface area (Å²) in [5, 5.41) is 9.90. The fourth-order valence-corrected chi connectivity index (χ4v) is 3.88. The van der Waals surface area contributed by atoms with Crippen LogP contribution in [0, 0.1) is 6.92 Å². The molecular weight excluding hydrogens is 346 g/mol. The Morgan fingerprint density at radius 2 is 2.04 bits per heavy atom. The third-order valence-electron chi connectivity index (χ3n) is 4.17. The molecule has 1 N–H and O–H groups in total. The van der Waals surface area contributed by atoms with Crippen LogP contribution in [0.15, 0.2) is 42.5 Å². The number of carboxylic acids is 1. The molecule has 0 unspecified atom stereocenters. The zero-order chi connectivity index (χ0) is 18.5. The molecule has 0 aliphatic rings. The van der Waals surface area contributed by atoms with E-state index >= 15 is 0 Å². The number of aliphatic carboxylic acids is 1. The van der Waals surface area contributed by atoms with E-state index in [4.69, 9.17) is 14.8 Å². The Morgan fingerprint density at radius 1 is 1.23 bits per heavy atom. The van der Waals surface area contributed by atoms with Gasteiger partial charge >= 0.3 is 5.97 Å². The zero-order valence-electron chi connectivity index (χ0n) is 14.9. The van der Waals surface area contributed by atoms with Crippen molar-refractivity contribution in [2.24, 2.45) is 0 Å². The third-order valence-corrected chi connectivity index (χ3v) is 5.28. The van der Waals surface area contributed by atoms with E-state index in [9.17, 15) is 4.79 Å². The van der Waals surface area contributed by atoms with Gasteiger partial charge in [0.1, 0.15) is 10.8 Å². The molecule has 0 aliphatic heterocycles. The number of methoxy groups -OCH3 is 1. The van der Waals surface area contributed by atoms with Crippen LogP contribution in [0.4, 0.5) is 0 Å². The number of fused-ring (bicyclic) bond motifs is 1. The summed E-state index contributed by atoms with van der Waals surface area (Å²) >= 11 is 1.64. The van der Waals surface area contributed by atoms with Crippen molar-refractivity contribution in [1.82, 2.24) is 4.98 Å². The molecule has 1 heterocycles. The fraction of sp³-hybridized carbons (Fsp3) is 0.238. The summed E-state index contributed by atoms with van der Waals surface area (Å²) in [6.45, 7) is 2.01. The van der Waals surface area contributed by atoms with Gasteiger partial charge in [0.2, 0.25) is 0 Å². The lowest BCUT2D eigenvalue weighted by Crippen LogP contribution is -1.95. The lowest BCUT2D eigenvalue weighted by Gasteiger charge is -2.07. The van der Waals surface area contributed by atoms with E-state index in [1.807, 2.05) is 37.3 Å². The number of hydrogen-bond acceptors (Lipinski definition) is 4. The van der Waals surface area contributed by atoms with Crippen LogP contribution in [0.5, 0.6) is 5.75 Å². The van der Waals surface area contributed by atoms with E-state index in [1.165, 1.54) is 0 Å². The van der Waals surface area contributed by atoms with Crippen molar-refractivity contribution in [3.8, 4) is 5.75 Å². The van der Waals surface area contributed by atoms with Crippen molar-refractivity contribution in [1.29, 1.82) is 0 Å². The maximum atomic E-state index is 10.9. The van der Waals surface area contributed by atoms with E-state index in [0.29, 0.717) is 12.8 Å². The number of ether oxygens (including phenoxy) is 1. The Bertz CT molecular complexity index is 926. The number of aryl methyl sites for hydroxylation is 1. The van der Waals surface area contributed by atoms with Crippen LogP contribution in [0.3, 0.4) is 0 Å². The molecule has 1 aromatic heterocycles. The second-order valence-electron chi connectivity index (χ2n) is 6.13. The van der Waals surface area contributed by atoms with Gasteiger partial charge in [0.05, 0.1) is 17.3 Å². The molecule has 3 aromatic rings. The van der Waals surface area contributed by atoms with Crippen LogP contribution in [0.2, 0.25) is 0 Å². The van der Waals surface area contributed by atoms with E-state index in [0.717, 1.165) is 37.7 Å². The molecule has 0 fully saturated rings. The van der Waals surface area contributed by atoms with Crippen LogP contribution in [0.25, 0.3) is 21.9 Å². The molecule has 0 aliphatic carbocycles. The Kier molecular flexibility index (Phi) is 5.68. The molecule has 4 nitrogen and oxygen atoms in total. The molecule has 0 saturated heterocycles. The average molecular weight is 367 g/mol. The summed E-state index contributed by atoms with van der Waals surface area (Å²) in [5.41, 5.74) is 4.17. The number of benzene rings is 2. The van der Waals surface area contributed by atoms with Gasteiger partial charge in [-0.15, -0.1) is 11.3 Å². The van der Waals surface area contributed by atoms with Crippen molar-refractivity contribution in [3.05, 3.63) is 58.6 Å². The van der Waals surface area contributed by atoms with Gasteiger partial charge in [0, 0.05) is 6.42 Å². The largest absolute Gasteiger partial charge is 0.496 e. The number of thiazole rings is 1. The minimum Gasteiger partial charge on any atom is -0.496 e. The number of para-hydroxylation sites is 1. The highest BCUT2D eigenvalue weighted by atomic mass is 32.1. The topological polar surface area (TPSA) is 59.4 Å². The minimum absolute atomic E-state index is 0.157. The normalized spacial score (nSPS) is 11.7. The molecule has 134 valence electrons. The van der Waals surface area contributed by atoms with E-state index < -0.39 is 5.97 Å². The van der Waals surface area contributed by atoms with Crippen molar-refractivity contribution >= 4 is 39.2 Å². The number of aromatic nitrogens is 1. The van der Waals surface area contributed by atoms with Crippen molar-refractivity contribution in [2.75, 3.05) is 7.11 Å². The van der Waals surface area contributed by atoms with Gasteiger partial charge in [0.15, 0.2) is 0 Å². The highest BCUT2D eigenvalue weighted by Crippen LogP contribution is 2.32. The summed E-state index contributed by atoms with van der Waals surface area (Å²) in [4.78, 5) is 15.6. The number of nitrogens with zero attached hydrogens (tertiary/aromatic N) is 1. The first-order valence-electron chi connectivity index (χ1n) is 8.50. The number of carbonyl (C=O) groups is 1. The van der Waals surface area contributed by atoms with Crippen LogP contribution in [-0.4, -0.2) is 23.2 Å². The Balaban J connectivity index is 1.96. The first-order valence-corrected chi connectivity index (χ1v) is 9.31. The predicted molar refractivity (Wildman–Crippen MR) is 107 cm³/mol. The molecule has 0 saturated carbocycles. The molecule has 5 heteroatoms. The van der Waals surface area contributed by atoms with Crippen LogP contribution in [-0.2, 0) is 4.79 Å². The number of hydrogen-bond donors (Lipinski definition) is 1. The maximum absolute atomic E-state index is 10.9. The van der Waals surface area contributed by atoms with Gasteiger partial charge in [-0.25, -0.2) is 4.98 Å². The SMILES string of the molecule is COc1ccc(/C=C(/CCCC(=O)O)c2nc3ccccc3s2)cc1C. The first kappa shape index (κ1) is 18.1. The molecule has 0 radical (unpaired) electrons. The lowest BCUT2D eigenvalue weighted by atomic mass is 10.0.